The number of hydrogen-bond donors (Lipinski definition) is 2. The highest BCUT2D eigenvalue weighted by Crippen LogP contribution is 2.26. The minimum Gasteiger partial charge on any atom is -0.344 e. The number of hydrogen-bond acceptors (Lipinski definition) is 4. The Morgan fingerprint density at radius 3 is 2.56 bits per heavy atom. The maximum Gasteiger partial charge on any atom is 0.313 e. The monoisotopic (exact) mass is 407 g/mol. The number of nitrogens with zero attached hydrogens (tertiary/aromatic N) is 1. The summed E-state index contributed by atoms with van der Waals surface area (Å²) in [5, 5.41) is 5.54. The van der Waals surface area contributed by atoms with Gasteiger partial charge in [-0.05, 0) is 42.3 Å². The van der Waals surface area contributed by atoms with E-state index < -0.39 is 21.8 Å². The first-order valence-corrected chi connectivity index (χ1v) is 10.3. The zero-order valence-corrected chi connectivity index (χ0v) is 15.9. The molecule has 1 aliphatic heterocycles. The molecule has 0 aromatic heterocycles. The topological polar surface area (TPSA) is 95.6 Å². The molecule has 0 atom stereocenters. The average Bonchev–Trinajstić information content (AvgIpc) is 2.99. The van der Waals surface area contributed by atoms with Crippen molar-refractivity contribution in [2.75, 3.05) is 21.9 Å². The van der Waals surface area contributed by atoms with Crippen molar-refractivity contribution in [1.29, 1.82) is 0 Å². The molecular weight excluding hydrogens is 390 g/mol. The number of carbonyl (C=O) groups excluding carboxylic acids is 2. The quantitative estimate of drug-likeness (QED) is 0.759. The first-order valence-electron chi connectivity index (χ1n) is 8.29. The molecule has 1 heterocycles. The van der Waals surface area contributed by atoms with E-state index in [1.807, 2.05) is 0 Å². The maximum atomic E-state index is 12.1. The summed E-state index contributed by atoms with van der Waals surface area (Å²) in [6, 6.07) is 13.3. The van der Waals surface area contributed by atoms with Crippen LogP contribution in [0.1, 0.15) is 12.0 Å². The summed E-state index contributed by atoms with van der Waals surface area (Å²) in [4.78, 5) is 24.1. The van der Waals surface area contributed by atoms with Gasteiger partial charge in [0.2, 0.25) is 10.0 Å². The van der Waals surface area contributed by atoms with Crippen LogP contribution in [-0.4, -0.2) is 32.5 Å². The second kappa shape index (κ2) is 7.98. The number of halogens is 1. The normalized spacial score (nSPS) is 15.4. The predicted octanol–water partition coefficient (Wildman–Crippen LogP) is 2.13. The molecule has 0 unspecified atom stereocenters. The van der Waals surface area contributed by atoms with E-state index in [4.69, 9.17) is 11.6 Å². The zero-order chi connectivity index (χ0) is 19.4. The van der Waals surface area contributed by atoms with Gasteiger partial charge in [0.15, 0.2) is 0 Å². The van der Waals surface area contributed by atoms with Gasteiger partial charge in [0, 0.05) is 23.8 Å². The molecule has 2 aromatic carbocycles. The van der Waals surface area contributed by atoms with Crippen molar-refractivity contribution in [3.8, 4) is 0 Å². The van der Waals surface area contributed by atoms with Crippen LogP contribution in [0.2, 0.25) is 5.02 Å². The Balaban J connectivity index is 1.62. The lowest BCUT2D eigenvalue weighted by atomic mass is 10.2. The van der Waals surface area contributed by atoms with Crippen molar-refractivity contribution in [3.05, 3.63) is 59.1 Å². The largest absolute Gasteiger partial charge is 0.344 e. The fourth-order valence-corrected chi connectivity index (χ4v) is 4.53. The zero-order valence-electron chi connectivity index (χ0n) is 14.3. The fourth-order valence-electron chi connectivity index (χ4n) is 2.77. The van der Waals surface area contributed by atoms with Crippen molar-refractivity contribution in [2.24, 2.45) is 0 Å². The van der Waals surface area contributed by atoms with Crippen molar-refractivity contribution >= 4 is 44.8 Å². The smallest absolute Gasteiger partial charge is 0.313 e. The van der Waals surface area contributed by atoms with Crippen molar-refractivity contribution in [3.63, 3.8) is 0 Å². The second-order valence-electron chi connectivity index (χ2n) is 6.06. The van der Waals surface area contributed by atoms with Crippen LogP contribution in [0.25, 0.3) is 0 Å². The highest BCUT2D eigenvalue weighted by molar-refractivity contribution is 7.93. The molecule has 27 heavy (non-hydrogen) atoms. The molecular formula is C18H18ClN3O4S. The number of benzene rings is 2. The number of anilines is 2. The molecule has 9 heteroatoms. The van der Waals surface area contributed by atoms with Gasteiger partial charge in [-0.1, -0.05) is 29.8 Å². The van der Waals surface area contributed by atoms with Gasteiger partial charge in [-0.2, -0.15) is 0 Å². The van der Waals surface area contributed by atoms with Crippen molar-refractivity contribution < 1.29 is 18.0 Å². The SMILES string of the molecule is O=C(NCc1cccc(Cl)c1)C(=O)Nc1cccc(N2CCCS2(=O)=O)c1. The third-order valence-corrected chi connectivity index (χ3v) is 6.14. The minimum absolute atomic E-state index is 0.107. The predicted molar refractivity (Wildman–Crippen MR) is 104 cm³/mol. The van der Waals surface area contributed by atoms with E-state index in [-0.39, 0.29) is 12.3 Å². The Hall–Kier alpha value is -2.58. The summed E-state index contributed by atoms with van der Waals surface area (Å²) in [7, 11) is -3.31. The highest BCUT2D eigenvalue weighted by atomic mass is 35.5. The lowest BCUT2D eigenvalue weighted by molar-refractivity contribution is -0.136. The Kier molecular flexibility index (Phi) is 5.67. The van der Waals surface area contributed by atoms with Gasteiger partial charge >= 0.3 is 11.8 Å². The van der Waals surface area contributed by atoms with Gasteiger partial charge in [0.25, 0.3) is 0 Å². The van der Waals surface area contributed by atoms with Crippen molar-refractivity contribution in [2.45, 2.75) is 13.0 Å². The van der Waals surface area contributed by atoms with Crippen LogP contribution in [0.4, 0.5) is 11.4 Å². The molecule has 2 N–H and O–H groups in total. The van der Waals surface area contributed by atoms with Gasteiger partial charge in [-0.25, -0.2) is 8.42 Å². The third kappa shape index (κ3) is 4.78. The fraction of sp³-hybridized carbons (Fsp3) is 0.222. The minimum atomic E-state index is -3.31. The molecule has 7 nitrogen and oxygen atoms in total. The molecule has 2 amide bonds. The van der Waals surface area contributed by atoms with E-state index >= 15 is 0 Å². The summed E-state index contributed by atoms with van der Waals surface area (Å²) in [5.74, 6) is -1.53. The van der Waals surface area contributed by atoms with Gasteiger partial charge < -0.3 is 10.6 Å². The second-order valence-corrected chi connectivity index (χ2v) is 8.51. The van der Waals surface area contributed by atoms with E-state index in [1.54, 1.807) is 42.5 Å². The van der Waals surface area contributed by atoms with E-state index in [0.717, 1.165) is 5.56 Å². The van der Waals surface area contributed by atoms with E-state index in [2.05, 4.69) is 10.6 Å². The summed E-state index contributed by atoms with van der Waals surface area (Å²) in [6.07, 6.45) is 0.560. The van der Waals surface area contributed by atoms with E-state index in [1.165, 1.54) is 10.4 Å². The van der Waals surface area contributed by atoms with Crippen LogP contribution in [0.5, 0.6) is 0 Å². The Morgan fingerprint density at radius 2 is 1.85 bits per heavy atom. The molecule has 1 aliphatic rings. The van der Waals surface area contributed by atoms with E-state index in [9.17, 15) is 18.0 Å². The first-order chi connectivity index (χ1) is 12.8. The third-order valence-electron chi connectivity index (χ3n) is 4.04. The number of amides is 2. The van der Waals surface area contributed by atoms with Gasteiger partial charge in [-0.3, -0.25) is 13.9 Å². The van der Waals surface area contributed by atoms with Crippen LogP contribution in [0.15, 0.2) is 48.5 Å². The molecule has 0 aliphatic carbocycles. The summed E-state index contributed by atoms with van der Waals surface area (Å²) in [6.45, 7) is 0.568. The lowest BCUT2D eigenvalue weighted by Crippen LogP contribution is -2.35. The van der Waals surface area contributed by atoms with E-state index in [0.29, 0.717) is 29.4 Å². The molecule has 0 spiro atoms. The van der Waals surface area contributed by atoms with Gasteiger partial charge in [-0.15, -0.1) is 0 Å². The molecule has 0 bridgehead atoms. The number of carbonyl (C=O) groups is 2. The van der Waals surface area contributed by atoms with Crippen LogP contribution < -0.4 is 14.9 Å². The molecule has 0 saturated carbocycles. The molecule has 3 rings (SSSR count). The van der Waals surface area contributed by atoms with Crippen LogP contribution >= 0.6 is 11.6 Å². The summed E-state index contributed by atoms with van der Waals surface area (Å²) < 4.78 is 25.3. The maximum absolute atomic E-state index is 12.1. The van der Waals surface area contributed by atoms with Crippen molar-refractivity contribution in [1.82, 2.24) is 5.32 Å². The Bertz CT molecular complexity index is 978. The number of nitrogens with one attached hydrogen (secondary N) is 2. The van der Waals surface area contributed by atoms with Crippen LogP contribution in [-0.2, 0) is 26.2 Å². The average molecular weight is 408 g/mol. The van der Waals surface area contributed by atoms with Gasteiger partial charge in [0.05, 0.1) is 11.4 Å². The number of sulfonamides is 1. The van der Waals surface area contributed by atoms with Crippen LogP contribution in [0.3, 0.4) is 0 Å². The number of rotatable bonds is 4. The first kappa shape index (κ1) is 19.2. The molecule has 1 fully saturated rings. The Labute approximate surface area is 162 Å². The summed E-state index contributed by atoms with van der Waals surface area (Å²) >= 11 is 5.88. The lowest BCUT2D eigenvalue weighted by Gasteiger charge is -2.17. The van der Waals surface area contributed by atoms with Crippen LogP contribution in [0, 0.1) is 0 Å². The summed E-state index contributed by atoms with van der Waals surface area (Å²) in [5.41, 5.74) is 1.58. The molecule has 1 saturated heterocycles. The van der Waals surface area contributed by atoms with Gasteiger partial charge in [0.1, 0.15) is 0 Å². The highest BCUT2D eigenvalue weighted by Gasteiger charge is 2.28. The standard InChI is InChI=1S/C18H18ClN3O4S/c19-14-5-1-4-13(10-14)12-20-17(23)18(24)21-15-6-2-7-16(11-15)22-8-3-9-27(22,25)26/h1-2,4-7,10-11H,3,8-9,12H2,(H,20,23)(H,21,24). The Morgan fingerprint density at radius 1 is 1.07 bits per heavy atom. The molecule has 0 radical (unpaired) electrons. The molecule has 142 valence electrons. The molecule has 2 aromatic rings.